The molecule has 5 N–H and O–H groups in total. The predicted molar refractivity (Wildman–Crippen MR) is 177 cm³/mol. The zero-order valence-corrected chi connectivity index (χ0v) is 26.4. The average molecular weight is 662 g/mol. The van der Waals surface area contributed by atoms with E-state index in [9.17, 15) is 30.0 Å². The number of aromatic nitrogens is 2. The number of piperazine rings is 1. The number of aliphatic hydroxyl groups excluding tert-OH is 3. The Hall–Kier alpha value is -4.47. The van der Waals surface area contributed by atoms with Gasteiger partial charge < -0.3 is 49.4 Å². The zero-order valence-electron chi connectivity index (χ0n) is 26.4. The normalized spacial score (nSPS) is 25.8. The third-order valence-corrected chi connectivity index (χ3v) is 9.80. The van der Waals surface area contributed by atoms with E-state index in [0.717, 1.165) is 69.0 Å². The molecule has 7 rings (SSSR count). The van der Waals surface area contributed by atoms with Crippen molar-refractivity contribution in [2.45, 2.75) is 49.6 Å². The maximum atomic E-state index is 12.5. The van der Waals surface area contributed by atoms with Crippen LogP contribution in [0.5, 0.6) is 11.5 Å². The molecule has 254 valence electrons. The standard InChI is InChI=1S/C34H39N5O9/c1-46-20-17-22-25(40)6-10-36-28(22)24(18-20)39-15-13-37(14-16-39)19-7-11-38(12-8-19)23-4-5-26(21-3-2-9-35-27(21)23)47-34-31(43)29(41)30(42)32(48-34)33(44)45/h2-6,9-10,17-19,29-32,34,41-43H,7-8,11-16H2,1H3,(H,36,40)(H,44,45). The van der Waals surface area contributed by atoms with E-state index in [0.29, 0.717) is 33.8 Å². The van der Waals surface area contributed by atoms with Crippen LogP contribution in [0.1, 0.15) is 12.8 Å². The van der Waals surface area contributed by atoms with Crippen LogP contribution in [-0.4, -0.2) is 124 Å². The number of carboxylic acid groups (broad SMARTS) is 1. The first-order valence-corrected chi connectivity index (χ1v) is 16.1. The number of hydrogen-bond acceptors (Lipinski definition) is 12. The minimum absolute atomic E-state index is 0.0362. The molecule has 3 saturated heterocycles. The molecule has 5 unspecified atom stereocenters. The van der Waals surface area contributed by atoms with Crippen LogP contribution in [0, 0.1) is 0 Å². The number of H-pyrrole nitrogens is 1. The van der Waals surface area contributed by atoms with Crippen molar-refractivity contribution in [2.75, 3.05) is 56.2 Å². The Bertz CT molecular complexity index is 1850. The number of anilines is 2. The third-order valence-electron chi connectivity index (χ3n) is 9.80. The number of ether oxygens (including phenoxy) is 3. The van der Waals surface area contributed by atoms with Crippen LogP contribution in [0.3, 0.4) is 0 Å². The Labute approximate surface area is 275 Å². The first-order valence-electron chi connectivity index (χ1n) is 16.1. The molecular formula is C34H39N5O9. The maximum absolute atomic E-state index is 12.5. The van der Waals surface area contributed by atoms with Gasteiger partial charge in [-0.1, -0.05) is 0 Å². The fourth-order valence-corrected chi connectivity index (χ4v) is 7.17. The molecule has 2 aromatic carbocycles. The summed E-state index contributed by atoms with van der Waals surface area (Å²) in [5, 5.41) is 41.4. The van der Waals surface area contributed by atoms with Gasteiger partial charge >= 0.3 is 5.97 Å². The molecular weight excluding hydrogens is 622 g/mol. The molecule has 3 aliphatic rings. The van der Waals surface area contributed by atoms with Crippen molar-refractivity contribution in [1.29, 1.82) is 0 Å². The second kappa shape index (κ2) is 13.2. The van der Waals surface area contributed by atoms with Gasteiger partial charge in [-0.15, -0.1) is 0 Å². The van der Waals surface area contributed by atoms with E-state index in [-0.39, 0.29) is 5.43 Å². The van der Waals surface area contributed by atoms with Gasteiger partial charge in [-0.05, 0) is 43.2 Å². The zero-order chi connectivity index (χ0) is 33.5. The van der Waals surface area contributed by atoms with Gasteiger partial charge in [-0.2, -0.15) is 0 Å². The lowest BCUT2D eigenvalue weighted by atomic mass is 9.99. The summed E-state index contributed by atoms with van der Waals surface area (Å²) in [6.45, 7) is 5.12. The van der Waals surface area contributed by atoms with Gasteiger partial charge in [-0.25, -0.2) is 4.79 Å². The minimum atomic E-state index is -1.80. The van der Waals surface area contributed by atoms with Crippen LogP contribution in [0.4, 0.5) is 11.4 Å². The van der Waals surface area contributed by atoms with E-state index >= 15 is 0 Å². The minimum Gasteiger partial charge on any atom is -0.497 e. The van der Waals surface area contributed by atoms with Crippen LogP contribution < -0.4 is 24.7 Å². The van der Waals surface area contributed by atoms with E-state index in [2.05, 4.69) is 24.7 Å². The summed E-state index contributed by atoms with van der Waals surface area (Å²) in [7, 11) is 1.61. The lowest BCUT2D eigenvalue weighted by Crippen LogP contribution is -2.61. The molecule has 48 heavy (non-hydrogen) atoms. The number of nitrogens with one attached hydrogen (secondary N) is 1. The summed E-state index contributed by atoms with van der Waals surface area (Å²) >= 11 is 0. The molecule has 5 heterocycles. The van der Waals surface area contributed by atoms with Crippen LogP contribution in [0.15, 0.2) is 59.7 Å². The first-order chi connectivity index (χ1) is 23.2. The Kier molecular flexibility index (Phi) is 8.83. The fourth-order valence-electron chi connectivity index (χ4n) is 7.17. The summed E-state index contributed by atoms with van der Waals surface area (Å²) in [5.74, 6) is -0.507. The molecule has 0 spiro atoms. The van der Waals surface area contributed by atoms with Crippen molar-refractivity contribution >= 4 is 39.1 Å². The Morgan fingerprint density at radius 3 is 2.40 bits per heavy atom. The number of aromatic amines is 1. The van der Waals surface area contributed by atoms with E-state index < -0.39 is 36.7 Å². The number of fused-ring (bicyclic) bond motifs is 2. The van der Waals surface area contributed by atoms with Crippen LogP contribution >= 0.6 is 0 Å². The number of carbonyl (C=O) groups is 1. The van der Waals surface area contributed by atoms with Gasteiger partial charge in [-0.3, -0.25) is 14.7 Å². The molecule has 0 aliphatic carbocycles. The molecule has 3 fully saturated rings. The fraction of sp³-hybridized carbons (Fsp3) is 0.441. The number of nitrogens with zero attached hydrogens (tertiary/aromatic N) is 4. The number of rotatable bonds is 7. The molecule has 0 radical (unpaired) electrons. The van der Waals surface area contributed by atoms with Crippen LogP contribution in [-0.2, 0) is 9.53 Å². The molecule has 0 bridgehead atoms. The van der Waals surface area contributed by atoms with E-state index in [1.54, 1.807) is 37.7 Å². The summed E-state index contributed by atoms with van der Waals surface area (Å²) in [5.41, 5.74) is 3.38. The summed E-state index contributed by atoms with van der Waals surface area (Å²) in [6.07, 6.45) is -3.17. The number of aliphatic hydroxyl groups is 3. The van der Waals surface area contributed by atoms with Gasteiger partial charge in [0.1, 0.15) is 29.8 Å². The van der Waals surface area contributed by atoms with Crippen molar-refractivity contribution in [1.82, 2.24) is 14.9 Å². The monoisotopic (exact) mass is 661 g/mol. The third kappa shape index (κ3) is 5.90. The molecule has 14 nitrogen and oxygen atoms in total. The van der Waals surface area contributed by atoms with E-state index in [1.807, 2.05) is 18.2 Å². The van der Waals surface area contributed by atoms with Gasteiger partial charge in [0.05, 0.1) is 34.9 Å². The van der Waals surface area contributed by atoms with Crippen molar-refractivity contribution in [3.63, 3.8) is 0 Å². The van der Waals surface area contributed by atoms with E-state index in [1.165, 1.54) is 6.07 Å². The Morgan fingerprint density at radius 2 is 1.67 bits per heavy atom. The van der Waals surface area contributed by atoms with Gasteiger partial charge in [0.2, 0.25) is 6.29 Å². The Morgan fingerprint density at radius 1 is 0.917 bits per heavy atom. The lowest BCUT2D eigenvalue weighted by molar-refractivity contribution is -0.270. The maximum Gasteiger partial charge on any atom is 0.335 e. The van der Waals surface area contributed by atoms with Gasteiger partial charge in [0.15, 0.2) is 11.5 Å². The predicted octanol–water partition coefficient (Wildman–Crippen LogP) is 1.15. The SMILES string of the molecule is COc1cc(N2CCN(C3CCN(c4ccc(OC5OC(C(=O)O)C(O)C(O)C5O)c5cccnc45)CC3)CC2)c2[nH]ccc(=O)c2c1. The van der Waals surface area contributed by atoms with Crippen LogP contribution in [0.2, 0.25) is 0 Å². The van der Waals surface area contributed by atoms with Crippen molar-refractivity contribution < 1.29 is 39.4 Å². The van der Waals surface area contributed by atoms with E-state index in [4.69, 9.17) is 14.2 Å². The highest BCUT2D eigenvalue weighted by Crippen LogP contribution is 2.36. The molecule has 14 heteroatoms. The second-order valence-corrected chi connectivity index (χ2v) is 12.5. The number of benzene rings is 2. The molecule has 4 aromatic rings. The van der Waals surface area contributed by atoms with Crippen molar-refractivity contribution in [2.24, 2.45) is 0 Å². The quantitative estimate of drug-likeness (QED) is 0.191. The average Bonchev–Trinajstić information content (AvgIpc) is 3.11. The number of pyridine rings is 2. The smallest absolute Gasteiger partial charge is 0.335 e. The number of piperidine rings is 1. The highest BCUT2D eigenvalue weighted by atomic mass is 16.7. The van der Waals surface area contributed by atoms with Gasteiger partial charge in [0.25, 0.3) is 0 Å². The number of aliphatic carboxylic acids is 1. The van der Waals surface area contributed by atoms with Crippen molar-refractivity contribution in [3.8, 4) is 11.5 Å². The van der Waals surface area contributed by atoms with Crippen molar-refractivity contribution in [3.05, 3.63) is 65.1 Å². The summed E-state index contributed by atoms with van der Waals surface area (Å²) in [6, 6.07) is 12.9. The topological polar surface area (TPSA) is 181 Å². The molecule has 0 amide bonds. The second-order valence-electron chi connectivity index (χ2n) is 12.5. The van der Waals surface area contributed by atoms with Gasteiger partial charge in [0, 0.05) is 75.2 Å². The lowest BCUT2D eigenvalue weighted by Gasteiger charge is -2.44. The number of methoxy groups -OCH3 is 1. The van der Waals surface area contributed by atoms with Crippen LogP contribution in [0.25, 0.3) is 21.8 Å². The number of hydrogen-bond donors (Lipinski definition) is 5. The molecule has 0 saturated carbocycles. The molecule has 3 aliphatic heterocycles. The first kappa shape index (κ1) is 32.1. The molecule has 2 aromatic heterocycles. The Balaban J connectivity index is 1.01. The number of carboxylic acids is 1. The summed E-state index contributed by atoms with van der Waals surface area (Å²) < 4.78 is 16.7. The molecule has 5 atom stereocenters. The highest BCUT2D eigenvalue weighted by molar-refractivity contribution is 5.95. The highest BCUT2D eigenvalue weighted by Gasteiger charge is 2.48. The largest absolute Gasteiger partial charge is 0.497 e. The summed E-state index contributed by atoms with van der Waals surface area (Å²) in [4.78, 5) is 39.2.